The Bertz CT molecular complexity index is 5220. The number of pyridine rings is 7. The number of fused-ring (bicyclic) bond motifs is 16. The van der Waals surface area contributed by atoms with Crippen LogP contribution < -0.4 is 83.3 Å². The van der Waals surface area contributed by atoms with Crippen LogP contribution in [0.1, 0.15) is 129 Å². The van der Waals surface area contributed by atoms with Gasteiger partial charge in [-0.25, -0.2) is 44.9 Å². The highest BCUT2D eigenvalue weighted by Crippen LogP contribution is 2.33. The predicted molar refractivity (Wildman–Crippen MR) is 596 cm³/mol. The number of thioether (sulfide) groups is 1. The van der Waals surface area contributed by atoms with Crippen LogP contribution in [0.5, 0.6) is 17.2 Å². The van der Waals surface area contributed by atoms with E-state index < -0.39 is 0 Å². The number of rotatable bonds is 0. The number of hydrogen-bond donors (Lipinski definition) is 14. The highest BCUT2D eigenvalue weighted by atomic mass is 32.2. The quantitative estimate of drug-likeness (QED) is 0.0670. The normalized spacial score (nSPS) is 16.2. The Morgan fingerprint density at radius 3 is 1.50 bits per heavy atom. The number of nitrogens with one attached hydrogen (secondary N) is 14. The van der Waals surface area contributed by atoms with Crippen LogP contribution in [-0.2, 0) is 57.9 Å². The van der Waals surface area contributed by atoms with E-state index in [1.807, 2.05) is 195 Å². The number of ether oxygens (including phenoxy) is 3. The molecule has 14 aliphatic rings. The Morgan fingerprint density at radius 1 is 0.320 bits per heavy atom. The third-order valence-electron chi connectivity index (χ3n) is 25.0. The van der Waals surface area contributed by atoms with Gasteiger partial charge in [0.1, 0.15) is 83.5 Å². The van der Waals surface area contributed by atoms with E-state index in [-0.39, 0.29) is 14.9 Å². The minimum atomic E-state index is 0. The van der Waals surface area contributed by atoms with E-state index in [2.05, 4.69) is 198 Å². The third-order valence-corrected chi connectivity index (χ3v) is 26.1. The average molecular weight is 2000 g/mol. The molecule has 33 nitrogen and oxygen atoms in total. The zero-order chi connectivity index (χ0) is 98.6. The summed E-state index contributed by atoms with van der Waals surface area (Å²) in [4.78, 5) is 46.8. The van der Waals surface area contributed by atoms with Gasteiger partial charge in [0.25, 0.3) is 0 Å². The maximum Gasteiger partial charge on any atom is 0.168 e. The minimum absolute atomic E-state index is 0. The molecule has 2 fully saturated rings. The minimum Gasteiger partial charge on any atom is -0.488 e. The number of aromatic amines is 1. The number of hydrogen-bond acceptors (Lipinski definition) is 33. The van der Waals surface area contributed by atoms with E-state index in [9.17, 15) is 0 Å². The molecule has 1 aliphatic carbocycles. The lowest BCUT2D eigenvalue weighted by Gasteiger charge is -2.17. The summed E-state index contributed by atoms with van der Waals surface area (Å²) in [7, 11) is 0. The molecular formula is C113H141N29O4S. The smallest absolute Gasteiger partial charge is 0.168 e. The molecule has 147 heavy (non-hydrogen) atoms. The fraction of sp³-hybridized carbons (Fsp3) is 0.354. The van der Waals surface area contributed by atoms with E-state index in [4.69, 9.17) is 18.6 Å². The number of anilines is 11. The molecule has 34 heteroatoms. The highest BCUT2D eigenvalue weighted by Gasteiger charge is 2.30. The van der Waals surface area contributed by atoms with E-state index in [0.717, 1.165) is 238 Å². The molecule has 0 radical (unpaired) electrons. The van der Waals surface area contributed by atoms with E-state index in [0.29, 0.717) is 13.2 Å². The molecular weight excluding hydrogens is 1860 g/mol. The molecule has 14 N–H and O–H groups in total. The van der Waals surface area contributed by atoms with Crippen LogP contribution in [-0.4, -0.2) is 197 Å². The molecule has 2 atom stereocenters. The third kappa shape index (κ3) is 34.9. The Kier molecular flexibility index (Phi) is 44.5. The van der Waals surface area contributed by atoms with Crippen LogP contribution in [0.2, 0.25) is 0 Å². The van der Waals surface area contributed by atoms with Crippen molar-refractivity contribution in [1.29, 1.82) is 0 Å². The molecule has 0 amide bonds. The molecule has 0 spiro atoms. The number of para-hydroxylation sites is 5. The van der Waals surface area contributed by atoms with Crippen LogP contribution in [0.25, 0.3) is 22.0 Å². The lowest BCUT2D eigenvalue weighted by molar-refractivity contribution is 0.171. The Labute approximate surface area is 867 Å². The van der Waals surface area contributed by atoms with Gasteiger partial charge in [-0.3, -0.25) is 9.97 Å². The van der Waals surface area contributed by atoms with Crippen LogP contribution in [0.15, 0.2) is 284 Å². The summed E-state index contributed by atoms with van der Waals surface area (Å²) in [6, 6.07) is 63.1. The van der Waals surface area contributed by atoms with Crippen molar-refractivity contribution in [2.75, 3.05) is 169 Å². The van der Waals surface area contributed by atoms with Gasteiger partial charge in [-0.15, -0.1) is 16.9 Å². The van der Waals surface area contributed by atoms with Crippen molar-refractivity contribution in [2.24, 2.45) is 5.92 Å². The number of H-pyrrole nitrogens is 1. The Balaban J connectivity index is 0.000000124. The highest BCUT2D eigenvalue weighted by molar-refractivity contribution is 7.99. The van der Waals surface area contributed by atoms with Gasteiger partial charge < -0.3 is 87.7 Å². The van der Waals surface area contributed by atoms with Gasteiger partial charge in [0, 0.05) is 173 Å². The lowest BCUT2D eigenvalue weighted by Crippen LogP contribution is -2.23. The van der Waals surface area contributed by atoms with Gasteiger partial charge in [0.2, 0.25) is 0 Å². The van der Waals surface area contributed by atoms with Crippen molar-refractivity contribution in [3.8, 4) is 17.2 Å². The van der Waals surface area contributed by atoms with Crippen molar-refractivity contribution in [3.63, 3.8) is 0 Å². The molecule has 4 aromatic carbocycles. The molecule has 2 unspecified atom stereocenters. The maximum absolute atomic E-state index is 5.30. The number of furan rings is 1. The second kappa shape index (κ2) is 61.0. The number of piperidine rings is 1. The molecule has 16 aromatic rings. The molecule has 1 saturated carbocycles. The average Bonchev–Trinajstić information content (AvgIpc) is 1.73. The molecule has 25 heterocycles. The molecule has 2 bridgehead atoms. The van der Waals surface area contributed by atoms with Crippen LogP contribution in [0, 0.1) is 5.92 Å². The first-order valence-corrected chi connectivity index (χ1v) is 51.9. The number of aromatic nitrogens is 16. The molecule has 1 saturated heterocycles. The summed E-state index contributed by atoms with van der Waals surface area (Å²) in [5.41, 5.74) is 17.2. The molecule has 13 aliphatic heterocycles. The summed E-state index contributed by atoms with van der Waals surface area (Å²) in [6.45, 7) is 16.8. The first-order chi connectivity index (χ1) is 72.0. The van der Waals surface area contributed by atoms with Crippen molar-refractivity contribution >= 4 is 97.5 Å². The second-order valence-electron chi connectivity index (χ2n) is 35.3. The summed E-state index contributed by atoms with van der Waals surface area (Å²) in [6.07, 6.45) is 47.2. The van der Waals surface area contributed by atoms with Crippen molar-refractivity contribution in [1.82, 2.24) is 91.1 Å². The van der Waals surface area contributed by atoms with Gasteiger partial charge in [-0.05, 0) is 277 Å². The van der Waals surface area contributed by atoms with Gasteiger partial charge in [-0.2, -0.15) is 20.5 Å². The van der Waals surface area contributed by atoms with E-state index in [1.54, 1.807) is 43.6 Å². The number of benzene rings is 4. The summed E-state index contributed by atoms with van der Waals surface area (Å²) >= 11 is 1.86. The number of nitrogens with zero attached hydrogens (tertiary/aromatic N) is 15. The molecule has 768 valence electrons. The summed E-state index contributed by atoms with van der Waals surface area (Å²) in [5, 5.41) is 61.5. The lowest BCUT2D eigenvalue weighted by atomic mass is 10.0. The Morgan fingerprint density at radius 2 is 0.844 bits per heavy atom. The maximum atomic E-state index is 5.30. The first-order valence-electron chi connectivity index (χ1n) is 50.9. The van der Waals surface area contributed by atoms with E-state index >= 15 is 0 Å². The first kappa shape index (κ1) is 107. The number of aryl methyl sites for hydroxylation is 6. The predicted octanol–water partition coefficient (Wildman–Crippen LogP) is 19.9. The summed E-state index contributed by atoms with van der Waals surface area (Å²) in [5.74, 6) is 13.8. The van der Waals surface area contributed by atoms with Crippen molar-refractivity contribution in [2.45, 2.75) is 148 Å². The van der Waals surface area contributed by atoms with Gasteiger partial charge >= 0.3 is 0 Å². The van der Waals surface area contributed by atoms with Crippen molar-refractivity contribution in [3.05, 3.63) is 325 Å². The monoisotopic (exact) mass is 2000 g/mol. The van der Waals surface area contributed by atoms with Crippen molar-refractivity contribution < 1.29 is 18.6 Å². The molecule has 12 aromatic heterocycles. The molecule has 30 rings (SSSR count). The summed E-state index contributed by atoms with van der Waals surface area (Å²) < 4.78 is 21.0. The second-order valence-corrected chi connectivity index (χ2v) is 36.5. The van der Waals surface area contributed by atoms with Crippen LogP contribution in [0.3, 0.4) is 0 Å². The van der Waals surface area contributed by atoms with Crippen LogP contribution in [0.4, 0.5) is 63.7 Å². The topological polar surface area (TPSA) is 406 Å². The standard InChI is InChI=1S/C9H12N2.C9H11N.2C8H10N2.C8H8O2.C8H6O.4C7H9N3.C7H8N2O.C7H8N2S.C7H8N2.C6H5N3.C6H11N.2CH4/c1-2-6-10-9-8(4-1)5-3-7-11-9;1-2-4-9-7-10-6-5-8(9)3-1;1-3-7-4-2-6-10-8(7)9-5-1;1-2-7-6-9-5-3-8(7)10-4-1;1-2-4-8-7(3-1)9-5-6-10-8;1-2-4-8-7(3-1)5-6-9-8;1-2-6-3-5-9-10-7(6)8-4-1;1-2-6-4-8-5-10-7(6)9-3-1;2*1-2-6-7(9-3-1)10-5-4-8-6;2*1-2-6-7(8-3-1)9-4-5-10-6;1-2-6-3-5-9-7(6)8-4-1;1-2-4-6-5(3-1)7-9-8-6;1-2-6-3-5(1)4-7-6;;/h3,5,7H,1-2,4,6H2,(H,10,11);1-4,10H,5-7H2;1,3,5H,2,4,6H2,(H,9,10);3,5-6,10H,1-2,4H2;1-4H,5-6H2;1-6H;3,5H,1-2,4H2,(H,8,10);4-5H,1-3H2,(H,8,9,10);4-5H,1-3H2,(H,9,10);1-3,8H,4-5H2,(H,9,10);2*1-3H,4-5H2,(H,8,9);1-2,4H,3,5H2,(H,8,9);1-4H,(H,7,8,9);5-7H,1-4H2;2*1H4. The van der Waals surface area contributed by atoms with Crippen LogP contribution >= 0.6 is 11.8 Å². The SMILES string of the molecule is C.C.C1CC2CC1CN2.c1cc2c(cn1)CCCN2.c1cc2c(nn1)NCCC2.c1ccc2c(c1)CCNC2.c1ccc2c(c1)OCCO2.c1ccc2n[nH]nc2c1.c1ccc2occc2c1.c1cnc2c(c1)CCCCN2.c1cnc2c(c1)CCCN2.c1cnc2c(c1)CCN2.c1cnc2c(c1)NCCN2.c1cnc2c(c1)OCCN2.c1cnc2c(c1)SCCN2.c1cnc2c(n1)CCCN2.c1ncc2c(n1)NCCC2. The zero-order valence-electron chi connectivity index (χ0n) is 82.3. The van der Waals surface area contributed by atoms with Gasteiger partial charge in [-0.1, -0.05) is 99.8 Å². The van der Waals surface area contributed by atoms with Gasteiger partial charge in [0.05, 0.1) is 30.4 Å². The Hall–Kier alpha value is -15.4. The fourth-order valence-electron chi connectivity index (χ4n) is 17.6. The largest absolute Gasteiger partial charge is 0.488 e. The van der Waals surface area contributed by atoms with Gasteiger partial charge in [0.15, 0.2) is 28.9 Å². The zero-order valence-corrected chi connectivity index (χ0v) is 83.2. The van der Waals surface area contributed by atoms with E-state index in [1.165, 1.54) is 152 Å². The fourth-order valence-corrected chi connectivity index (χ4v) is 18.4.